The summed E-state index contributed by atoms with van der Waals surface area (Å²) in [5.41, 5.74) is -0.0311. The van der Waals surface area contributed by atoms with Crippen molar-refractivity contribution in [1.29, 1.82) is 0 Å². The van der Waals surface area contributed by atoms with Crippen molar-refractivity contribution in [3.63, 3.8) is 0 Å². The first-order chi connectivity index (χ1) is 8.08. The van der Waals surface area contributed by atoms with E-state index in [1.54, 1.807) is 0 Å². The average Bonchev–Trinajstić information content (AvgIpc) is 2.28. The lowest BCUT2D eigenvalue weighted by Gasteiger charge is -2.15. The van der Waals surface area contributed by atoms with Gasteiger partial charge in [0.25, 0.3) is 5.91 Å². The van der Waals surface area contributed by atoms with Crippen LogP contribution < -0.4 is 5.32 Å². The molecule has 0 spiro atoms. The van der Waals surface area contributed by atoms with Crippen LogP contribution in [0.5, 0.6) is 0 Å². The van der Waals surface area contributed by atoms with E-state index < -0.39 is 11.7 Å². The first-order valence-corrected chi connectivity index (χ1v) is 6.39. The molecule has 1 amide bonds. The molecule has 1 aromatic carbocycles. The van der Waals surface area contributed by atoms with E-state index in [4.69, 9.17) is 16.3 Å². The minimum atomic E-state index is -0.638. The molecule has 6 heteroatoms. The van der Waals surface area contributed by atoms with Crippen molar-refractivity contribution < 1.29 is 13.9 Å². The first kappa shape index (κ1) is 14.4. The van der Waals surface area contributed by atoms with Gasteiger partial charge in [-0.1, -0.05) is 27.5 Å². The molecule has 0 heterocycles. The molecule has 0 saturated heterocycles. The van der Waals surface area contributed by atoms with Gasteiger partial charge in [0, 0.05) is 17.5 Å². The topological polar surface area (TPSA) is 38.3 Å². The van der Waals surface area contributed by atoms with Crippen molar-refractivity contribution in [3.05, 3.63) is 34.6 Å². The Morgan fingerprint density at radius 2 is 2.35 bits per heavy atom. The number of benzene rings is 1. The van der Waals surface area contributed by atoms with Gasteiger partial charge in [0.05, 0.1) is 18.2 Å². The predicted molar refractivity (Wildman–Crippen MR) is 68.3 cm³/mol. The van der Waals surface area contributed by atoms with Crippen LogP contribution in [0.25, 0.3) is 0 Å². The van der Waals surface area contributed by atoms with Crippen molar-refractivity contribution in [3.8, 4) is 0 Å². The average molecular weight is 325 g/mol. The second-order valence-corrected chi connectivity index (χ2v) is 4.49. The second kappa shape index (κ2) is 6.93. The highest BCUT2D eigenvalue weighted by atomic mass is 79.9. The third-order valence-electron chi connectivity index (χ3n) is 2.07. The molecular weight excluding hydrogens is 312 g/mol. The Hall–Kier alpha value is -0.650. The Morgan fingerprint density at radius 1 is 1.65 bits per heavy atom. The van der Waals surface area contributed by atoms with Gasteiger partial charge in [0.15, 0.2) is 0 Å². The maximum atomic E-state index is 13.5. The van der Waals surface area contributed by atoms with Gasteiger partial charge in [-0.15, -0.1) is 0 Å². The van der Waals surface area contributed by atoms with Crippen molar-refractivity contribution in [2.45, 2.75) is 6.04 Å². The van der Waals surface area contributed by atoms with Gasteiger partial charge >= 0.3 is 0 Å². The Bertz CT molecular complexity index is 403. The van der Waals surface area contributed by atoms with E-state index >= 15 is 0 Å². The molecule has 0 aliphatic rings. The zero-order valence-electron chi connectivity index (χ0n) is 9.17. The number of halogens is 3. The van der Waals surface area contributed by atoms with E-state index in [0.717, 1.165) is 6.07 Å². The van der Waals surface area contributed by atoms with Crippen molar-refractivity contribution in [2.75, 3.05) is 19.0 Å². The fraction of sp³-hybridized carbons (Fsp3) is 0.364. The molecule has 0 fully saturated rings. The summed E-state index contributed by atoms with van der Waals surface area (Å²) in [6, 6.07) is 3.72. The van der Waals surface area contributed by atoms with Crippen LogP contribution in [0.3, 0.4) is 0 Å². The molecule has 1 atom stereocenters. The molecule has 0 aliphatic heterocycles. The van der Waals surface area contributed by atoms with Crippen LogP contribution in [0, 0.1) is 5.82 Å². The highest BCUT2D eigenvalue weighted by Crippen LogP contribution is 2.14. The number of amides is 1. The van der Waals surface area contributed by atoms with E-state index in [0.29, 0.717) is 11.9 Å². The van der Waals surface area contributed by atoms with E-state index in [9.17, 15) is 9.18 Å². The van der Waals surface area contributed by atoms with E-state index in [-0.39, 0.29) is 16.6 Å². The highest BCUT2D eigenvalue weighted by molar-refractivity contribution is 9.09. The maximum absolute atomic E-state index is 13.5. The largest absolute Gasteiger partial charge is 0.383 e. The molecule has 3 nitrogen and oxygen atoms in total. The fourth-order valence-electron chi connectivity index (χ4n) is 1.26. The van der Waals surface area contributed by atoms with Crippen molar-refractivity contribution in [1.82, 2.24) is 5.32 Å². The molecule has 1 N–H and O–H groups in total. The number of carbonyl (C=O) groups is 1. The standard InChI is InChI=1S/C11H12BrClFNO2/c1-17-6-8(5-12)15-11(16)9-3-2-7(13)4-10(9)14/h2-4,8H,5-6H2,1H3,(H,15,16). The molecule has 1 unspecified atom stereocenters. The number of hydrogen-bond acceptors (Lipinski definition) is 2. The van der Waals surface area contributed by atoms with Crippen LogP contribution in [0.1, 0.15) is 10.4 Å². The summed E-state index contributed by atoms with van der Waals surface area (Å²) in [6.45, 7) is 0.353. The van der Waals surface area contributed by atoms with Crippen LogP contribution >= 0.6 is 27.5 Å². The van der Waals surface area contributed by atoms with Gasteiger partial charge in [-0.3, -0.25) is 4.79 Å². The van der Waals surface area contributed by atoms with Crippen LogP contribution in [0.2, 0.25) is 5.02 Å². The molecule has 0 saturated carbocycles. The van der Waals surface area contributed by atoms with E-state index in [2.05, 4.69) is 21.2 Å². The molecule has 17 heavy (non-hydrogen) atoms. The quantitative estimate of drug-likeness (QED) is 0.846. The zero-order valence-corrected chi connectivity index (χ0v) is 11.5. The summed E-state index contributed by atoms with van der Waals surface area (Å²) in [6.07, 6.45) is 0. The van der Waals surface area contributed by atoms with Gasteiger partial charge in [-0.2, -0.15) is 0 Å². The predicted octanol–water partition coefficient (Wildman–Crippen LogP) is 2.62. The van der Waals surface area contributed by atoms with Crippen LogP contribution in [-0.2, 0) is 4.74 Å². The third kappa shape index (κ3) is 4.26. The van der Waals surface area contributed by atoms with Gasteiger partial charge in [-0.25, -0.2) is 4.39 Å². The van der Waals surface area contributed by atoms with Gasteiger partial charge in [-0.05, 0) is 18.2 Å². The molecule has 0 radical (unpaired) electrons. The Balaban J connectivity index is 2.75. The Morgan fingerprint density at radius 3 is 2.88 bits per heavy atom. The molecule has 1 aromatic rings. The third-order valence-corrected chi connectivity index (χ3v) is 3.08. The van der Waals surface area contributed by atoms with Crippen LogP contribution in [0.15, 0.2) is 18.2 Å². The number of methoxy groups -OCH3 is 1. The lowest BCUT2D eigenvalue weighted by Crippen LogP contribution is -2.39. The normalized spacial score (nSPS) is 12.2. The lowest BCUT2D eigenvalue weighted by molar-refractivity contribution is 0.0904. The molecule has 0 aliphatic carbocycles. The summed E-state index contributed by atoms with van der Waals surface area (Å²) in [5, 5.41) is 3.44. The zero-order chi connectivity index (χ0) is 12.8. The number of carbonyl (C=O) groups excluding carboxylic acids is 1. The van der Waals surface area contributed by atoms with Crippen LogP contribution in [0.4, 0.5) is 4.39 Å². The Labute approximate surface area is 112 Å². The summed E-state index contributed by atoms with van der Waals surface area (Å²) < 4.78 is 18.4. The second-order valence-electron chi connectivity index (χ2n) is 3.40. The number of nitrogens with one attached hydrogen (secondary N) is 1. The number of rotatable bonds is 5. The minimum absolute atomic E-state index is 0.0311. The van der Waals surface area contributed by atoms with E-state index in [1.165, 1.54) is 19.2 Å². The molecule has 1 rings (SSSR count). The smallest absolute Gasteiger partial charge is 0.254 e. The summed E-state index contributed by atoms with van der Waals surface area (Å²) in [7, 11) is 1.53. The SMILES string of the molecule is COCC(CBr)NC(=O)c1ccc(Cl)cc1F. The van der Waals surface area contributed by atoms with Crippen molar-refractivity contribution >= 4 is 33.4 Å². The summed E-state index contributed by atoms with van der Waals surface area (Å²) in [4.78, 5) is 11.8. The van der Waals surface area contributed by atoms with Gasteiger partial charge < -0.3 is 10.1 Å². The molecule has 0 bridgehead atoms. The number of hydrogen-bond donors (Lipinski definition) is 1. The molecule has 0 aromatic heterocycles. The maximum Gasteiger partial charge on any atom is 0.254 e. The van der Waals surface area contributed by atoms with Crippen LogP contribution in [-0.4, -0.2) is 31.0 Å². The monoisotopic (exact) mass is 323 g/mol. The number of ether oxygens (including phenoxy) is 1. The lowest BCUT2D eigenvalue weighted by atomic mass is 10.2. The number of alkyl halides is 1. The minimum Gasteiger partial charge on any atom is -0.383 e. The first-order valence-electron chi connectivity index (χ1n) is 4.89. The molecular formula is C11H12BrClFNO2. The highest BCUT2D eigenvalue weighted by Gasteiger charge is 2.16. The summed E-state index contributed by atoms with van der Waals surface area (Å²) in [5.74, 6) is -1.12. The van der Waals surface area contributed by atoms with Gasteiger partial charge in [0.2, 0.25) is 0 Å². The summed E-state index contributed by atoms with van der Waals surface area (Å²) >= 11 is 8.84. The van der Waals surface area contributed by atoms with Gasteiger partial charge in [0.1, 0.15) is 5.82 Å². The fourth-order valence-corrected chi connectivity index (χ4v) is 1.77. The molecule has 94 valence electrons. The Kier molecular flexibility index (Phi) is 5.88. The van der Waals surface area contributed by atoms with Crippen molar-refractivity contribution in [2.24, 2.45) is 0 Å². The van der Waals surface area contributed by atoms with E-state index in [1.807, 2.05) is 0 Å².